The summed E-state index contributed by atoms with van der Waals surface area (Å²) in [6, 6.07) is 11.7. The van der Waals surface area contributed by atoms with Gasteiger partial charge in [0.25, 0.3) is 5.91 Å². The van der Waals surface area contributed by atoms with E-state index in [1.54, 1.807) is 18.2 Å². The molecule has 124 valence electrons. The van der Waals surface area contributed by atoms with Crippen molar-refractivity contribution in [2.24, 2.45) is 0 Å². The molecule has 1 heterocycles. The van der Waals surface area contributed by atoms with E-state index in [2.05, 4.69) is 27.9 Å². The minimum Gasteiger partial charge on any atom is -0.325 e. The highest BCUT2D eigenvalue weighted by Crippen LogP contribution is 2.28. The maximum absolute atomic E-state index is 12.6. The number of rotatable bonds is 4. The number of halogens is 3. The Kier molecular flexibility index (Phi) is 5.32. The van der Waals surface area contributed by atoms with Crippen LogP contribution in [-0.2, 0) is 11.2 Å². The summed E-state index contributed by atoms with van der Waals surface area (Å²) in [7, 11) is 0. The van der Waals surface area contributed by atoms with Crippen molar-refractivity contribution in [1.82, 2.24) is 5.32 Å². The average Bonchev–Trinajstić information content (AvgIpc) is 2.80. The molecule has 0 radical (unpaired) electrons. The number of carbonyl (C=O) groups is 2. The molecule has 0 spiro atoms. The molecule has 24 heavy (non-hydrogen) atoms. The molecule has 1 atom stereocenters. The molecule has 1 saturated heterocycles. The van der Waals surface area contributed by atoms with Crippen LogP contribution in [0.15, 0.2) is 42.5 Å². The molecule has 0 aliphatic carbocycles. The summed E-state index contributed by atoms with van der Waals surface area (Å²) in [4.78, 5) is 25.8. The van der Waals surface area contributed by atoms with Crippen molar-refractivity contribution in [1.29, 1.82) is 0 Å². The number of amides is 3. The van der Waals surface area contributed by atoms with Crippen molar-refractivity contribution < 1.29 is 9.59 Å². The van der Waals surface area contributed by atoms with Gasteiger partial charge in [-0.1, -0.05) is 35.3 Å². The van der Waals surface area contributed by atoms with Gasteiger partial charge in [-0.05, 0) is 71.3 Å². The summed E-state index contributed by atoms with van der Waals surface area (Å²) in [6.07, 6.45) is 1.24. The lowest BCUT2D eigenvalue weighted by atomic mass is 10.1. The third-order valence-corrected chi connectivity index (χ3v) is 4.92. The zero-order valence-electron chi connectivity index (χ0n) is 12.4. The number of aryl methyl sites for hydroxylation is 1. The van der Waals surface area contributed by atoms with Crippen molar-refractivity contribution in [3.8, 4) is 0 Å². The highest BCUT2D eigenvalue weighted by atomic mass is 127. The first kappa shape index (κ1) is 17.5. The maximum atomic E-state index is 12.6. The van der Waals surface area contributed by atoms with Gasteiger partial charge >= 0.3 is 6.03 Å². The minimum absolute atomic E-state index is 0.288. The van der Waals surface area contributed by atoms with Crippen LogP contribution in [0.25, 0.3) is 0 Å². The van der Waals surface area contributed by atoms with Crippen LogP contribution in [0.2, 0.25) is 10.0 Å². The predicted molar refractivity (Wildman–Crippen MR) is 104 cm³/mol. The Morgan fingerprint density at radius 3 is 2.29 bits per heavy atom. The lowest BCUT2D eigenvalue weighted by Gasteiger charge is -2.14. The molecule has 1 N–H and O–H groups in total. The quantitative estimate of drug-likeness (QED) is 0.517. The van der Waals surface area contributed by atoms with E-state index >= 15 is 0 Å². The molecular weight excluding hydrogens is 462 g/mol. The first-order valence-electron chi connectivity index (χ1n) is 7.29. The van der Waals surface area contributed by atoms with Crippen molar-refractivity contribution in [2.75, 3.05) is 4.90 Å². The van der Waals surface area contributed by atoms with E-state index < -0.39 is 12.1 Å². The van der Waals surface area contributed by atoms with Crippen molar-refractivity contribution in [2.45, 2.75) is 18.9 Å². The molecule has 0 bridgehead atoms. The van der Waals surface area contributed by atoms with Gasteiger partial charge in [-0.25, -0.2) is 9.69 Å². The Labute approximate surface area is 163 Å². The number of nitrogens with one attached hydrogen (secondary N) is 1. The standard InChI is InChI=1S/C17H13Cl2IN2O2/c18-11-7-12(19)9-14(8-11)22-16(23)15(21-17(22)24)6-3-10-1-4-13(20)5-2-10/h1-2,4-5,7-9,15H,3,6H2,(H,21,24). The molecule has 1 fully saturated rings. The Bertz CT molecular complexity index is 775. The van der Waals surface area contributed by atoms with Gasteiger partial charge in [0.15, 0.2) is 0 Å². The largest absolute Gasteiger partial charge is 0.329 e. The molecule has 1 unspecified atom stereocenters. The Balaban J connectivity index is 1.72. The average molecular weight is 475 g/mol. The first-order chi connectivity index (χ1) is 11.4. The van der Waals surface area contributed by atoms with Crippen LogP contribution in [-0.4, -0.2) is 18.0 Å². The van der Waals surface area contributed by atoms with E-state index in [0.29, 0.717) is 28.6 Å². The second kappa shape index (κ2) is 7.29. The molecule has 2 aromatic carbocycles. The fraction of sp³-hybridized carbons (Fsp3) is 0.176. The smallest absolute Gasteiger partial charge is 0.325 e. The monoisotopic (exact) mass is 474 g/mol. The molecule has 0 saturated carbocycles. The van der Waals surface area contributed by atoms with E-state index in [0.717, 1.165) is 14.0 Å². The first-order valence-corrected chi connectivity index (χ1v) is 9.12. The highest BCUT2D eigenvalue weighted by molar-refractivity contribution is 14.1. The topological polar surface area (TPSA) is 49.4 Å². The lowest BCUT2D eigenvalue weighted by molar-refractivity contribution is -0.118. The molecule has 0 aromatic heterocycles. The minimum atomic E-state index is -0.547. The zero-order chi connectivity index (χ0) is 17.3. The molecule has 1 aliphatic heterocycles. The summed E-state index contributed by atoms with van der Waals surface area (Å²) < 4.78 is 1.16. The zero-order valence-corrected chi connectivity index (χ0v) is 16.1. The van der Waals surface area contributed by atoms with Crippen LogP contribution in [0.3, 0.4) is 0 Å². The number of nitrogens with zero attached hydrogens (tertiary/aromatic N) is 1. The number of carbonyl (C=O) groups excluding carboxylic acids is 2. The van der Waals surface area contributed by atoms with Gasteiger partial charge in [-0.3, -0.25) is 4.79 Å². The fourth-order valence-electron chi connectivity index (χ4n) is 2.60. The number of anilines is 1. The van der Waals surface area contributed by atoms with Gasteiger partial charge in [-0.15, -0.1) is 0 Å². The molecular formula is C17H13Cl2IN2O2. The summed E-state index contributed by atoms with van der Waals surface area (Å²) in [5.41, 5.74) is 1.51. The normalized spacial score (nSPS) is 17.3. The van der Waals surface area contributed by atoms with Crippen LogP contribution in [0.1, 0.15) is 12.0 Å². The SMILES string of the molecule is O=C1NC(CCc2ccc(I)cc2)C(=O)N1c1cc(Cl)cc(Cl)c1. The van der Waals surface area contributed by atoms with Gasteiger partial charge in [0.1, 0.15) is 6.04 Å². The summed E-state index contributed by atoms with van der Waals surface area (Å²) in [6.45, 7) is 0. The van der Waals surface area contributed by atoms with E-state index in [9.17, 15) is 9.59 Å². The Hall–Kier alpha value is -1.31. The summed E-state index contributed by atoms with van der Waals surface area (Å²) >= 11 is 14.2. The number of hydrogen-bond donors (Lipinski definition) is 1. The number of imide groups is 1. The maximum Gasteiger partial charge on any atom is 0.329 e. The van der Waals surface area contributed by atoms with Gasteiger partial charge in [0.2, 0.25) is 0 Å². The fourth-order valence-corrected chi connectivity index (χ4v) is 3.48. The summed E-state index contributed by atoms with van der Waals surface area (Å²) in [5, 5.41) is 3.47. The highest BCUT2D eigenvalue weighted by Gasteiger charge is 2.38. The summed E-state index contributed by atoms with van der Waals surface area (Å²) in [5.74, 6) is -0.288. The van der Waals surface area contributed by atoms with E-state index in [-0.39, 0.29) is 5.91 Å². The van der Waals surface area contributed by atoms with Crippen LogP contribution in [0.4, 0.5) is 10.5 Å². The van der Waals surface area contributed by atoms with E-state index in [4.69, 9.17) is 23.2 Å². The van der Waals surface area contributed by atoms with Crippen LogP contribution >= 0.6 is 45.8 Å². The van der Waals surface area contributed by atoms with E-state index in [1.807, 2.05) is 24.3 Å². The third kappa shape index (κ3) is 3.84. The van der Waals surface area contributed by atoms with Gasteiger partial charge < -0.3 is 5.32 Å². The Morgan fingerprint density at radius 1 is 1.04 bits per heavy atom. The van der Waals surface area contributed by atoms with Crippen molar-refractivity contribution in [3.63, 3.8) is 0 Å². The van der Waals surface area contributed by atoms with Crippen LogP contribution in [0, 0.1) is 3.57 Å². The molecule has 1 aliphatic rings. The number of urea groups is 1. The second-order valence-corrected chi connectivity index (χ2v) is 7.59. The van der Waals surface area contributed by atoms with E-state index in [1.165, 1.54) is 0 Å². The third-order valence-electron chi connectivity index (χ3n) is 3.76. The molecule has 3 amide bonds. The molecule has 3 rings (SSSR count). The Morgan fingerprint density at radius 2 is 1.67 bits per heavy atom. The van der Waals surface area contributed by atoms with Crippen molar-refractivity contribution >= 4 is 63.4 Å². The lowest BCUT2D eigenvalue weighted by Crippen LogP contribution is -2.31. The predicted octanol–water partition coefficient (Wildman–Crippen LogP) is 4.66. The number of hydrogen-bond acceptors (Lipinski definition) is 2. The van der Waals surface area contributed by atoms with Crippen LogP contribution in [0.5, 0.6) is 0 Å². The molecule has 2 aromatic rings. The van der Waals surface area contributed by atoms with Gasteiger partial charge in [0.05, 0.1) is 5.69 Å². The van der Waals surface area contributed by atoms with Crippen LogP contribution < -0.4 is 10.2 Å². The van der Waals surface area contributed by atoms with Gasteiger partial charge in [0, 0.05) is 13.6 Å². The van der Waals surface area contributed by atoms with Gasteiger partial charge in [-0.2, -0.15) is 0 Å². The molecule has 7 heteroatoms. The number of benzene rings is 2. The van der Waals surface area contributed by atoms with Crippen molar-refractivity contribution in [3.05, 3.63) is 61.6 Å². The molecule has 4 nitrogen and oxygen atoms in total. The second-order valence-electron chi connectivity index (χ2n) is 5.47.